The molecule has 0 bridgehead atoms. The summed E-state index contributed by atoms with van der Waals surface area (Å²) in [6.07, 6.45) is 2.44. The average molecular weight is 477 g/mol. The third-order valence-corrected chi connectivity index (χ3v) is 6.11. The Morgan fingerprint density at radius 2 is 1.80 bits per heavy atom. The van der Waals surface area contributed by atoms with Crippen molar-refractivity contribution >= 4 is 11.9 Å². The summed E-state index contributed by atoms with van der Waals surface area (Å²) in [5.74, 6) is 6.93. The molecule has 1 saturated heterocycles. The molecular formula is C29H36N2O4. The second kappa shape index (κ2) is 13.0. The summed E-state index contributed by atoms with van der Waals surface area (Å²) in [5, 5.41) is 8.75. The molecule has 6 heteroatoms. The van der Waals surface area contributed by atoms with Gasteiger partial charge in [-0.1, -0.05) is 30.0 Å². The molecule has 2 aromatic carbocycles. The van der Waals surface area contributed by atoms with Crippen LogP contribution in [-0.2, 0) is 11.3 Å². The summed E-state index contributed by atoms with van der Waals surface area (Å²) in [5.41, 5.74) is 2.52. The fourth-order valence-electron chi connectivity index (χ4n) is 4.02. The van der Waals surface area contributed by atoms with Gasteiger partial charge in [0, 0.05) is 54.7 Å². The van der Waals surface area contributed by atoms with Gasteiger partial charge in [0.25, 0.3) is 5.91 Å². The molecule has 3 rings (SSSR count). The number of aliphatic carboxylic acids is 1. The van der Waals surface area contributed by atoms with E-state index in [1.165, 1.54) is 0 Å². The number of benzene rings is 2. The maximum Gasteiger partial charge on any atom is 0.303 e. The number of ether oxygens (including phenoxy) is 1. The molecule has 0 radical (unpaired) electrons. The Labute approximate surface area is 208 Å². The minimum atomic E-state index is -0.765. The zero-order valence-electron chi connectivity index (χ0n) is 21.0. The Morgan fingerprint density at radius 1 is 1.09 bits per heavy atom. The molecule has 0 atom stereocenters. The van der Waals surface area contributed by atoms with Crippen molar-refractivity contribution in [2.45, 2.75) is 52.1 Å². The van der Waals surface area contributed by atoms with Gasteiger partial charge in [0.2, 0.25) is 0 Å². The van der Waals surface area contributed by atoms with Crippen LogP contribution in [0.5, 0.6) is 5.75 Å². The van der Waals surface area contributed by atoms with Gasteiger partial charge in [0.05, 0.1) is 6.61 Å². The van der Waals surface area contributed by atoms with Crippen molar-refractivity contribution in [3.05, 3.63) is 65.2 Å². The molecule has 35 heavy (non-hydrogen) atoms. The lowest BCUT2D eigenvalue weighted by Gasteiger charge is -2.32. The van der Waals surface area contributed by atoms with Crippen molar-refractivity contribution in [3.8, 4) is 17.6 Å². The number of nitrogens with zero attached hydrogens (tertiary/aromatic N) is 2. The first-order chi connectivity index (χ1) is 16.8. The molecule has 1 aliphatic heterocycles. The predicted octanol–water partition coefficient (Wildman–Crippen LogP) is 4.67. The molecular weight excluding hydrogens is 440 g/mol. The minimum Gasteiger partial charge on any atom is -0.493 e. The van der Waals surface area contributed by atoms with Gasteiger partial charge in [-0.15, -0.1) is 0 Å². The fraction of sp³-hybridized carbons (Fsp3) is 0.448. The standard InChI is InChI=1S/C29H36N2O4/c1-22(2)31(21-26-9-6-7-10-27(26)35-18-8-4-5-11-28(32)33)29(34)25-16-14-23(15-17-25)12-13-24-19-30(3)20-24/h6-7,9-10,14-17,22,24H,4-5,8,11,18-21H2,1-3H3,(H,32,33). The van der Waals surface area contributed by atoms with Gasteiger partial charge >= 0.3 is 5.97 Å². The van der Waals surface area contributed by atoms with E-state index in [0.717, 1.165) is 42.8 Å². The molecule has 1 aliphatic rings. The highest BCUT2D eigenvalue weighted by Crippen LogP contribution is 2.23. The zero-order chi connectivity index (χ0) is 25.2. The largest absolute Gasteiger partial charge is 0.493 e. The quantitative estimate of drug-likeness (QED) is 0.377. The SMILES string of the molecule is CC(C)N(Cc1ccccc1OCCCCCC(=O)O)C(=O)c1ccc(C#CC2CN(C)C2)cc1. The first kappa shape index (κ1) is 26.3. The van der Waals surface area contributed by atoms with E-state index in [1.54, 1.807) is 0 Å². The van der Waals surface area contributed by atoms with Crippen molar-refractivity contribution in [1.29, 1.82) is 0 Å². The van der Waals surface area contributed by atoms with Crippen molar-refractivity contribution in [2.24, 2.45) is 5.92 Å². The summed E-state index contributed by atoms with van der Waals surface area (Å²) >= 11 is 0. The van der Waals surface area contributed by atoms with E-state index in [-0.39, 0.29) is 18.4 Å². The highest BCUT2D eigenvalue weighted by atomic mass is 16.5. The second-order valence-electron chi connectivity index (χ2n) is 9.45. The molecule has 186 valence electrons. The molecule has 6 nitrogen and oxygen atoms in total. The second-order valence-corrected chi connectivity index (χ2v) is 9.45. The molecule has 0 aromatic heterocycles. The van der Waals surface area contributed by atoms with Gasteiger partial charge in [-0.05, 0) is 70.5 Å². The van der Waals surface area contributed by atoms with E-state index in [0.29, 0.717) is 31.1 Å². The van der Waals surface area contributed by atoms with Crippen LogP contribution in [0.15, 0.2) is 48.5 Å². The number of unbranched alkanes of at least 4 members (excludes halogenated alkanes) is 2. The summed E-state index contributed by atoms with van der Waals surface area (Å²) in [7, 11) is 2.09. The number of carboxylic acid groups (broad SMARTS) is 1. The molecule has 1 fully saturated rings. The molecule has 1 N–H and O–H groups in total. The van der Waals surface area contributed by atoms with E-state index in [4.69, 9.17) is 9.84 Å². The van der Waals surface area contributed by atoms with Gasteiger partial charge < -0.3 is 19.6 Å². The molecule has 0 saturated carbocycles. The number of rotatable bonds is 11. The third-order valence-electron chi connectivity index (χ3n) is 6.11. The summed E-state index contributed by atoms with van der Waals surface area (Å²) in [6, 6.07) is 15.3. The number of para-hydroxylation sites is 1. The Kier molecular flexibility index (Phi) is 9.75. The van der Waals surface area contributed by atoms with Gasteiger partial charge in [-0.25, -0.2) is 0 Å². The number of likely N-dealkylation sites (tertiary alicyclic amines) is 1. The van der Waals surface area contributed by atoms with E-state index in [9.17, 15) is 9.59 Å². The van der Waals surface area contributed by atoms with Gasteiger partial charge in [0.1, 0.15) is 5.75 Å². The Morgan fingerprint density at radius 3 is 2.46 bits per heavy atom. The lowest BCUT2D eigenvalue weighted by molar-refractivity contribution is -0.137. The Hall–Kier alpha value is -3.30. The molecule has 0 unspecified atom stereocenters. The van der Waals surface area contributed by atoms with Crippen LogP contribution < -0.4 is 4.74 Å². The highest BCUT2D eigenvalue weighted by molar-refractivity contribution is 5.94. The summed E-state index contributed by atoms with van der Waals surface area (Å²) in [4.78, 5) is 28.1. The fourth-order valence-corrected chi connectivity index (χ4v) is 4.02. The predicted molar refractivity (Wildman–Crippen MR) is 137 cm³/mol. The number of carboxylic acids is 1. The van der Waals surface area contributed by atoms with Crippen molar-refractivity contribution in [2.75, 3.05) is 26.7 Å². The van der Waals surface area contributed by atoms with Crippen LogP contribution in [0.2, 0.25) is 0 Å². The number of hydrogen-bond acceptors (Lipinski definition) is 4. The highest BCUT2D eigenvalue weighted by Gasteiger charge is 2.21. The Bertz CT molecular complexity index is 1050. The Balaban J connectivity index is 1.60. The summed E-state index contributed by atoms with van der Waals surface area (Å²) in [6.45, 7) is 7.03. The van der Waals surface area contributed by atoms with Crippen molar-refractivity contribution < 1.29 is 19.4 Å². The normalized spacial score (nSPS) is 13.6. The number of carbonyl (C=O) groups is 2. The van der Waals surface area contributed by atoms with E-state index in [2.05, 4.69) is 23.8 Å². The van der Waals surface area contributed by atoms with E-state index >= 15 is 0 Å². The maximum atomic E-state index is 13.4. The van der Waals surface area contributed by atoms with Crippen LogP contribution in [0.25, 0.3) is 0 Å². The maximum absolute atomic E-state index is 13.4. The van der Waals surface area contributed by atoms with Crippen LogP contribution >= 0.6 is 0 Å². The monoisotopic (exact) mass is 476 g/mol. The molecule has 0 aliphatic carbocycles. The summed E-state index contributed by atoms with van der Waals surface area (Å²) < 4.78 is 5.99. The zero-order valence-corrected chi connectivity index (χ0v) is 21.0. The number of amides is 1. The van der Waals surface area contributed by atoms with E-state index in [1.807, 2.05) is 67.3 Å². The molecule has 2 aromatic rings. The van der Waals surface area contributed by atoms with E-state index < -0.39 is 5.97 Å². The van der Waals surface area contributed by atoms with Crippen LogP contribution in [0, 0.1) is 17.8 Å². The van der Waals surface area contributed by atoms with Crippen molar-refractivity contribution in [1.82, 2.24) is 9.80 Å². The molecule has 0 spiro atoms. The first-order valence-corrected chi connectivity index (χ1v) is 12.4. The van der Waals surface area contributed by atoms with Crippen LogP contribution in [-0.4, -0.2) is 59.6 Å². The van der Waals surface area contributed by atoms with Crippen LogP contribution in [0.3, 0.4) is 0 Å². The smallest absolute Gasteiger partial charge is 0.303 e. The van der Waals surface area contributed by atoms with Gasteiger partial charge in [-0.3, -0.25) is 9.59 Å². The van der Waals surface area contributed by atoms with Crippen LogP contribution in [0.1, 0.15) is 61.0 Å². The van der Waals surface area contributed by atoms with Crippen molar-refractivity contribution in [3.63, 3.8) is 0 Å². The third kappa shape index (κ3) is 8.15. The number of carbonyl (C=O) groups excluding carboxylic acids is 1. The lowest BCUT2D eigenvalue weighted by atomic mass is 10.0. The molecule has 1 heterocycles. The average Bonchev–Trinajstić information content (AvgIpc) is 2.82. The lowest BCUT2D eigenvalue weighted by Crippen LogP contribution is -2.42. The van der Waals surface area contributed by atoms with Gasteiger partial charge in [-0.2, -0.15) is 0 Å². The van der Waals surface area contributed by atoms with Gasteiger partial charge in [0.15, 0.2) is 0 Å². The topological polar surface area (TPSA) is 70.1 Å². The number of hydrogen-bond donors (Lipinski definition) is 1. The van der Waals surface area contributed by atoms with Crippen LogP contribution in [0.4, 0.5) is 0 Å². The first-order valence-electron chi connectivity index (χ1n) is 12.4. The molecule has 1 amide bonds. The minimum absolute atomic E-state index is 0.0154.